The molecule has 0 aromatic carbocycles. The summed E-state index contributed by atoms with van der Waals surface area (Å²) in [5.74, 6) is 1.12. The van der Waals surface area contributed by atoms with E-state index in [1.807, 2.05) is 18.3 Å². The van der Waals surface area contributed by atoms with Gasteiger partial charge in [0.1, 0.15) is 5.82 Å². The highest BCUT2D eigenvalue weighted by Crippen LogP contribution is 2.26. The number of rotatable bonds is 7. The van der Waals surface area contributed by atoms with E-state index in [0.717, 1.165) is 24.3 Å². The molecule has 0 radical (unpaired) electrons. The smallest absolute Gasteiger partial charge is 0.222 e. The Labute approximate surface area is 156 Å². The van der Waals surface area contributed by atoms with Crippen LogP contribution in [0.3, 0.4) is 0 Å². The Morgan fingerprint density at radius 3 is 2.85 bits per heavy atom. The number of likely N-dealkylation sites (tertiary alicyclic amines) is 1. The van der Waals surface area contributed by atoms with Crippen LogP contribution in [0.4, 0.5) is 5.82 Å². The second-order valence-corrected chi connectivity index (χ2v) is 7.40. The summed E-state index contributed by atoms with van der Waals surface area (Å²) in [6, 6.07) is 4.49. The lowest BCUT2D eigenvalue weighted by atomic mass is 9.94. The fourth-order valence-corrected chi connectivity index (χ4v) is 3.99. The summed E-state index contributed by atoms with van der Waals surface area (Å²) in [6.45, 7) is 1.78. The van der Waals surface area contributed by atoms with Gasteiger partial charge in [0.2, 0.25) is 11.8 Å². The van der Waals surface area contributed by atoms with E-state index in [1.54, 1.807) is 4.90 Å². The topological polar surface area (TPSA) is 65.5 Å². The number of carbonyl (C=O) groups is 2. The van der Waals surface area contributed by atoms with Gasteiger partial charge in [-0.2, -0.15) is 0 Å². The summed E-state index contributed by atoms with van der Waals surface area (Å²) >= 11 is 0. The van der Waals surface area contributed by atoms with Gasteiger partial charge in [-0.25, -0.2) is 4.98 Å². The lowest BCUT2D eigenvalue weighted by Crippen LogP contribution is -2.35. The van der Waals surface area contributed by atoms with Gasteiger partial charge in [-0.3, -0.25) is 9.59 Å². The van der Waals surface area contributed by atoms with Crippen LogP contribution >= 0.6 is 0 Å². The van der Waals surface area contributed by atoms with E-state index >= 15 is 0 Å². The molecule has 1 aliphatic carbocycles. The van der Waals surface area contributed by atoms with Crippen LogP contribution in [0.1, 0.15) is 56.9 Å². The zero-order valence-electron chi connectivity index (χ0n) is 15.7. The van der Waals surface area contributed by atoms with Gasteiger partial charge in [0.15, 0.2) is 0 Å². The molecule has 26 heavy (non-hydrogen) atoms. The van der Waals surface area contributed by atoms with E-state index in [2.05, 4.69) is 22.2 Å². The zero-order chi connectivity index (χ0) is 18.4. The van der Waals surface area contributed by atoms with Crippen LogP contribution < -0.4 is 10.2 Å². The van der Waals surface area contributed by atoms with E-state index in [0.29, 0.717) is 32.0 Å². The molecular formula is C20H30N4O2. The van der Waals surface area contributed by atoms with Crippen molar-refractivity contribution in [2.75, 3.05) is 25.0 Å². The minimum absolute atomic E-state index is 0.0141. The number of nitrogens with zero attached hydrogens (tertiary/aromatic N) is 3. The van der Waals surface area contributed by atoms with Crippen LogP contribution in [-0.2, 0) is 16.1 Å². The molecule has 142 valence electrons. The predicted octanol–water partition coefficient (Wildman–Crippen LogP) is 2.48. The molecule has 0 bridgehead atoms. The van der Waals surface area contributed by atoms with Crippen LogP contribution in [0, 0.1) is 0 Å². The molecule has 0 spiro atoms. The van der Waals surface area contributed by atoms with E-state index in [4.69, 9.17) is 0 Å². The summed E-state index contributed by atoms with van der Waals surface area (Å²) in [5, 5.41) is 2.99. The van der Waals surface area contributed by atoms with Crippen LogP contribution in [0.2, 0.25) is 0 Å². The molecule has 1 aromatic rings. The molecule has 2 fully saturated rings. The fourth-order valence-electron chi connectivity index (χ4n) is 3.99. The van der Waals surface area contributed by atoms with E-state index in [1.165, 1.54) is 32.1 Å². The summed E-state index contributed by atoms with van der Waals surface area (Å²) < 4.78 is 0. The van der Waals surface area contributed by atoms with Crippen molar-refractivity contribution in [3.8, 4) is 0 Å². The van der Waals surface area contributed by atoms with Crippen LogP contribution in [0.5, 0.6) is 0 Å². The van der Waals surface area contributed by atoms with Gasteiger partial charge in [0, 0.05) is 57.3 Å². The number of amides is 2. The third-order valence-corrected chi connectivity index (χ3v) is 5.58. The second kappa shape index (κ2) is 9.01. The van der Waals surface area contributed by atoms with Gasteiger partial charge in [-0.05, 0) is 25.3 Å². The monoisotopic (exact) mass is 358 g/mol. The number of nitrogens with one attached hydrogen (secondary N) is 1. The van der Waals surface area contributed by atoms with Crippen LogP contribution in [-0.4, -0.2) is 47.9 Å². The molecule has 0 atom stereocenters. The van der Waals surface area contributed by atoms with Crippen molar-refractivity contribution in [1.29, 1.82) is 0 Å². The first-order chi connectivity index (χ1) is 12.6. The Morgan fingerprint density at radius 2 is 2.12 bits per heavy atom. The first-order valence-electron chi connectivity index (χ1n) is 9.86. The minimum Gasteiger partial charge on any atom is -0.356 e. The third kappa shape index (κ3) is 4.74. The summed E-state index contributed by atoms with van der Waals surface area (Å²) in [4.78, 5) is 32.4. The lowest BCUT2D eigenvalue weighted by Gasteiger charge is -2.33. The largest absolute Gasteiger partial charge is 0.356 e. The Bertz CT molecular complexity index is 628. The van der Waals surface area contributed by atoms with Crippen molar-refractivity contribution in [1.82, 2.24) is 15.2 Å². The first kappa shape index (κ1) is 18.7. The van der Waals surface area contributed by atoms with Crippen molar-refractivity contribution < 1.29 is 9.59 Å². The maximum Gasteiger partial charge on any atom is 0.222 e. The number of hydrogen-bond donors (Lipinski definition) is 1. The fraction of sp³-hybridized carbons (Fsp3) is 0.650. The minimum atomic E-state index is -0.0141. The van der Waals surface area contributed by atoms with Gasteiger partial charge in [0.25, 0.3) is 0 Å². The van der Waals surface area contributed by atoms with Gasteiger partial charge in [0.05, 0.1) is 0 Å². The Balaban J connectivity index is 1.52. The first-order valence-corrected chi connectivity index (χ1v) is 9.86. The van der Waals surface area contributed by atoms with Gasteiger partial charge < -0.3 is 15.1 Å². The van der Waals surface area contributed by atoms with Crippen LogP contribution in [0.25, 0.3) is 0 Å². The van der Waals surface area contributed by atoms with E-state index < -0.39 is 0 Å². The van der Waals surface area contributed by atoms with E-state index in [-0.39, 0.29) is 11.8 Å². The van der Waals surface area contributed by atoms with Crippen molar-refractivity contribution in [3.63, 3.8) is 0 Å². The van der Waals surface area contributed by atoms with Crippen molar-refractivity contribution in [2.45, 2.75) is 64.0 Å². The van der Waals surface area contributed by atoms with Crippen molar-refractivity contribution >= 4 is 17.6 Å². The molecule has 2 amide bonds. The molecule has 1 saturated carbocycles. The average molecular weight is 358 g/mol. The average Bonchev–Trinajstić information content (AvgIpc) is 3.10. The standard InChI is InChI=1S/C20H30N4O2/c1-23(17-8-3-2-4-9-17)20-16(7-5-12-21-20)15-22-18(25)11-14-24-13-6-10-19(24)26/h5,7,12,17H,2-4,6,8-11,13-15H2,1H3,(H,22,25). The summed E-state index contributed by atoms with van der Waals surface area (Å²) in [6.07, 6.45) is 10.0. The van der Waals surface area contributed by atoms with Gasteiger partial charge in [-0.15, -0.1) is 0 Å². The number of pyridine rings is 1. The molecule has 2 aliphatic rings. The Hall–Kier alpha value is -2.11. The molecule has 1 saturated heterocycles. The normalized spacial score (nSPS) is 18.2. The number of anilines is 1. The molecular weight excluding hydrogens is 328 g/mol. The molecule has 6 nitrogen and oxygen atoms in total. The number of aromatic nitrogens is 1. The molecule has 0 unspecified atom stereocenters. The highest BCUT2D eigenvalue weighted by molar-refractivity contribution is 5.80. The Morgan fingerprint density at radius 1 is 1.31 bits per heavy atom. The number of hydrogen-bond acceptors (Lipinski definition) is 4. The summed E-state index contributed by atoms with van der Waals surface area (Å²) in [7, 11) is 2.11. The zero-order valence-corrected chi connectivity index (χ0v) is 15.7. The highest BCUT2D eigenvalue weighted by Gasteiger charge is 2.22. The quantitative estimate of drug-likeness (QED) is 0.813. The maximum absolute atomic E-state index is 12.2. The van der Waals surface area contributed by atoms with Gasteiger partial charge in [-0.1, -0.05) is 25.3 Å². The second-order valence-electron chi connectivity index (χ2n) is 7.40. The number of carbonyl (C=O) groups excluding carboxylic acids is 2. The van der Waals surface area contributed by atoms with Crippen molar-refractivity contribution in [3.05, 3.63) is 23.9 Å². The maximum atomic E-state index is 12.2. The molecule has 1 N–H and O–H groups in total. The third-order valence-electron chi connectivity index (χ3n) is 5.58. The molecule has 3 rings (SSSR count). The van der Waals surface area contributed by atoms with Gasteiger partial charge >= 0.3 is 0 Å². The molecule has 6 heteroatoms. The summed E-state index contributed by atoms with van der Waals surface area (Å²) in [5.41, 5.74) is 1.05. The highest BCUT2D eigenvalue weighted by atomic mass is 16.2. The lowest BCUT2D eigenvalue weighted by molar-refractivity contribution is -0.128. The van der Waals surface area contributed by atoms with Crippen molar-refractivity contribution in [2.24, 2.45) is 0 Å². The van der Waals surface area contributed by atoms with Crippen LogP contribution in [0.15, 0.2) is 18.3 Å². The SMILES string of the molecule is CN(c1ncccc1CNC(=O)CCN1CCCC1=O)C1CCCCC1. The molecule has 1 aromatic heterocycles. The van der Waals surface area contributed by atoms with E-state index in [9.17, 15) is 9.59 Å². The molecule has 2 heterocycles. The Kier molecular flexibility index (Phi) is 6.47. The molecule has 1 aliphatic heterocycles. The predicted molar refractivity (Wildman–Crippen MR) is 102 cm³/mol.